The third-order valence-electron chi connectivity index (χ3n) is 3.77. The van der Waals surface area contributed by atoms with Gasteiger partial charge in [-0.3, -0.25) is 4.79 Å². The number of nitrogens with zero attached hydrogens (tertiary/aromatic N) is 1. The Hall–Kier alpha value is -0.940. The van der Waals surface area contributed by atoms with Crippen molar-refractivity contribution in [3.63, 3.8) is 0 Å². The van der Waals surface area contributed by atoms with E-state index in [1.807, 2.05) is 0 Å². The van der Waals surface area contributed by atoms with Crippen LogP contribution in [0.15, 0.2) is 22.7 Å². The van der Waals surface area contributed by atoms with Crippen molar-refractivity contribution >= 4 is 21.8 Å². The van der Waals surface area contributed by atoms with Crippen molar-refractivity contribution in [1.82, 2.24) is 10.2 Å². The van der Waals surface area contributed by atoms with Crippen LogP contribution in [-0.4, -0.2) is 36.5 Å². The smallest absolute Gasteiger partial charge is 0.254 e. The van der Waals surface area contributed by atoms with E-state index < -0.39 is 5.82 Å². The molecule has 1 atom stereocenters. The molecule has 1 N–H and O–H groups in total. The molecule has 0 aromatic heterocycles. The van der Waals surface area contributed by atoms with Gasteiger partial charge in [-0.05, 0) is 50.9 Å². The number of nitrogens with one attached hydrogen (secondary N) is 1. The molecule has 1 aromatic rings. The molecule has 1 fully saturated rings. The first kappa shape index (κ1) is 15.4. The quantitative estimate of drug-likeness (QED) is 0.911. The lowest BCUT2D eigenvalue weighted by Gasteiger charge is -2.20. The Morgan fingerprint density at radius 1 is 1.55 bits per heavy atom. The summed E-state index contributed by atoms with van der Waals surface area (Å²) in [6, 6.07) is 4.94. The largest absolute Gasteiger partial charge is 0.352 e. The van der Waals surface area contributed by atoms with Gasteiger partial charge in [-0.15, -0.1) is 0 Å². The highest BCUT2D eigenvalue weighted by Crippen LogP contribution is 2.19. The van der Waals surface area contributed by atoms with E-state index in [-0.39, 0.29) is 11.5 Å². The zero-order valence-electron chi connectivity index (χ0n) is 11.8. The average Bonchev–Trinajstić information content (AvgIpc) is 2.88. The minimum atomic E-state index is -0.485. The summed E-state index contributed by atoms with van der Waals surface area (Å²) in [5, 5.41) is 2.84. The van der Waals surface area contributed by atoms with E-state index in [9.17, 15) is 9.18 Å². The van der Waals surface area contributed by atoms with Gasteiger partial charge in [0.05, 0.1) is 5.56 Å². The lowest BCUT2D eigenvalue weighted by Crippen LogP contribution is -2.33. The molecule has 1 aliphatic rings. The Balaban J connectivity index is 1.88. The van der Waals surface area contributed by atoms with Crippen LogP contribution < -0.4 is 5.32 Å². The van der Waals surface area contributed by atoms with Crippen molar-refractivity contribution in [1.29, 1.82) is 0 Å². The Labute approximate surface area is 127 Å². The van der Waals surface area contributed by atoms with Gasteiger partial charge in [0.1, 0.15) is 5.82 Å². The molecule has 1 heterocycles. The minimum Gasteiger partial charge on any atom is -0.352 e. The number of benzene rings is 1. The molecule has 1 aromatic carbocycles. The maximum Gasteiger partial charge on any atom is 0.254 e. The molecule has 0 saturated carbocycles. The third kappa shape index (κ3) is 3.79. The second-order valence-corrected chi connectivity index (χ2v) is 6.49. The van der Waals surface area contributed by atoms with E-state index in [2.05, 4.69) is 40.0 Å². The number of hydrogen-bond donors (Lipinski definition) is 1. The number of halogens is 2. The Morgan fingerprint density at radius 3 is 2.95 bits per heavy atom. The molecule has 0 spiro atoms. The van der Waals surface area contributed by atoms with Crippen molar-refractivity contribution in [3.8, 4) is 0 Å². The van der Waals surface area contributed by atoms with E-state index >= 15 is 0 Å². The van der Waals surface area contributed by atoms with E-state index in [0.717, 1.165) is 19.5 Å². The molecule has 0 unspecified atom stereocenters. The minimum absolute atomic E-state index is 0.0955. The molecule has 5 heteroatoms. The summed E-state index contributed by atoms with van der Waals surface area (Å²) in [6.07, 6.45) is 1.08. The van der Waals surface area contributed by atoms with Crippen LogP contribution in [0.3, 0.4) is 0 Å². The second-order valence-electron chi connectivity index (χ2n) is 5.58. The predicted molar refractivity (Wildman–Crippen MR) is 81.2 cm³/mol. The van der Waals surface area contributed by atoms with Crippen LogP contribution in [0.1, 0.15) is 30.6 Å². The molecular formula is C15H20BrFN2O. The normalized spacial score (nSPS) is 19.6. The van der Waals surface area contributed by atoms with E-state index in [0.29, 0.717) is 23.0 Å². The highest BCUT2D eigenvalue weighted by atomic mass is 79.9. The molecule has 0 aliphatic carbocycles. The number of rotatable bonds is 4. The van der Waals surface area contributed by atoms with Gasteiger partial charge in [0.25, 0.3) is 5.91 Å². The number of hydrogen-bond acceptors (Lipinski definition) is 2. The summed E-state index contributed by atoms with van der Waals surface area (Å²) in [5.41, 5.74) is 0.0955. The third-order valence-corrected chi connectivity index (χ3v) is 4.27. The topological polar surface area (TPSA) is 32.3 Å². The van der Waals surface area contributed by atoms with Gasteiger partial charge >= 0.3 is 0 Å². The number of carbonyl (C=O) groups is 1. The fraction of sp³-hybridized carbons (Fsp3) is 0.533. The molecule has 1 saturated heterocycles. The Bertz CT molecular complexity index is 493. The Morgan fingerprint density at radius 2 is 2.30 bits per heavy atom. The predicted octanol–water partition coefficient (Wildman–Crippen LogP) is 3.05. The average molecular weight is 343 g/mol. The fourth-order valence-corrected chi connectivity index (χ4v) is 2.86. The molecule has 2 rings (SSSR count). The van der Waals surface area contributed by atoms with Gasteiger partial charge < -0.3 is 10.2 Å². The van der Waals surface area contributed by atoms with E-state index in [1.54, 1.807) is 6.07 Å². The van der Waals surface area contributed by atoms with Crippen LogP contribution in [-0.2, 0) is 0 Å². The highest BCUT2D eigenvalue weighted by molar-refractivity contribution is 9.10. The van der Waals surface area contributed by atoms with Gasteiger partial charge in [0.2, 0.25) is 0 Å². The monoisotopic (exact) mass is 342 g/mol. The molecule has 3 nitrogen and oxygen atoms in total. The molecular weight excluding hydrogens is 323 g/mol. The van der Waals surface area contributed by atoms with Crippen LogP contribution in [0.2, 0.25) is 0 Å². The van der Waals surface area contributed by atoms with Crippen LogP contribution >= 0.6 is 15.9 Å². The number of carbonyl (C=O) groups excluding carboxylic acids is 1. The number of amides is 1. The first-order valence-electron chi connectivity index (χ1n) is 6.94. The summed E-state index contributed by atoms with van der Waals surface area (Å²) in [7, 11) is 0. The van der Waals surface area contributed by atoms with Gasteiger partial charge in [-0.25, -0.2) is 4.39 Å². The van der Waals surface area contributed by atoms with Crippen molar-refractivity contribution in [2.45, 2.75) is 26.3 Å². The molecule has 20 heavy (non-hydrogen) atoms. The lowest BCUT2D eigenvalue weighted by atomic mass is 10.1. The summed E-state index contributed by atoms with van der Waals surface area (Å²) in [4.78, 5) is 14.4. The molecule has 1 amide bonds. The van der Waals surface area contributed by atoms with Crippen molar-refractivity contribution in [3.05, 3.63) is 34.1 Å². The molecule has 1 aliphatic heterocycles. The second kappa shape index (κ2) is 6.68. The summed E-state index contributed by atoms with van der Waals surface area (Å²) < 4.78 is 14.3. The highest BCUT2D eigenvalue weighted by Gasteiger charge is 2.24. The van der Waals surface area contributed by atoms with Crippen LogP contribution in [0.25, 0.3) is 0 Å². The maximum absolute atomic E-state index is 13.6. The zero-order valence-corrected chi connectivity index (χ0v) is 13.4. The van der Waals surface area contributed by atoms with Gasteiger partial charge in [-0.2, -0.15) is 0 Å². The number of likely N-dealkylation sites (tertiary alicyclic amines) is 1. The molecule has 110 valence electrons. The van der Waals surface area contributed by atoms with Crippen LogP contribution in [0, 0.1) is 11.7 Å². The molecule has 0 bridgehead atoms. The SMILES string of the molecule is CC(C)N1CC[C@@H](CNC(=O)c2cc(Br)ccc2F)C1. The standard InChI is InChI=1S/C15H20BrFN2O/c1-10(2)19-6-5-11(9-19)8-18-15(20)13-7-12(16)3-4-14(13)17/h3-4,7,10-11H,5-6,8-9H2,1-2H3,(H,18,20)/t11-/m0/s1. The fourth-order valence-electron chi connectivity index (χ4n) is 2.50. The zero-order chi connectivity index (χ0) is 14.7. The summed E-state index contributed by atoms with van der Waals surface area (Å²) >= 11 is 3.25. The summed E-state index contributed by atoms with van der Waals surface area (Å²) in [6.45, 7) is 7.03. The van der Waals surface area contributed by atoms with E-state index in [4.69, 9.17) is 0 Å². The van der Waals surface area contributed by atoms with Gasteiger partial charge in [0, 0.05) is 23.6 Å². The van der Waals surface area contributed by atoms with Crippen molar-refractivity contribution < 1.29 is 9.18 Å². The van der Waals surface area contributed by atoms with Gasteiger partial charge in [0.15, 0.2) is 0 Å². The van der Waals surface area contributed by atoms with Crippen molar-refractivity contribution in [2.24, 2.45) is 5.92 Å². The first-order chi connectivity index (χ1) is 9.47. The van der Waals surface area contributed by atoms with Crippen LogP contribution in [0.5, 0.6) is 0 Å². The van der Waals surface area contributed by atoms with Crippen LogP contribution in [0.4, 0.5) is 4.39 Å². The van der Waals surface area contributed by atoms with Crippen molar-refractivity contribution in [2.75, 3.05) is 19.6 Å². The Kier molecular flexibility index (Phi) is 5.16. The van der Waals surface area contributed by atoms with E-state index in [1.165, 1.54) is 12.1 Å². The first-order valence-corrected chi connectivity index (χ1v) is 7.74. The van der Waals surface area contributed by atoms with Gasteiger partial charge in [-0.1, -0.05) is 15.9 Å². The molecule has 0 radical (unpaired) electrons. The lowest BCUT2D eigenvalue weighted by molar-refractivity contribution is 0.0943. The maximum atomic E-state index is 13.6. The summed E-state index contributed by atoms with van der Waals surface area (Å²) in [5.74, 6) is -0.371.